The van der Waals surface area contributed by atoms with E-state index in [0.29, 0.717) is 36.0 Å². The normalized spacial score (nSPS) is 47.9. The van der Waals surface area contributed by atoms with Crippen molar-refractivity contribution in [2.45, 2.75) is 83.8 Å². The van der Waals surface area contributed by atoms with Gasteiger partial charge in [0.2, 0.25) is 0 Å². The van der Waals surface area contributed by atoms with E-state index in [2.05, 4.69) is 12.0 Å². The van der Waals surface area contributed by atoms with Crippen LogP contribution >= 0.6 is 0 Å². The summed E-state index contributed by atoms with van der Waals surface area (Å²) in [6.45, 7) is 5.02. The van der Waals surface area contributed by atoms with Crippen molar-refractivity contribution in [1.82, 2.24) is 9.78 Å². The van der Waals surface area contributed by atoms with Crippen LogP contribution in [0.2, 0.25) is 0 Å². The zero-order valence-electron chi connectivity index (χ0n) is 18.6. The predicted molar refractivity (Wildman–Crippen MR) is 114 cm³/mol. The Morgan fingerprint density at radius 1 is 1.10 bits per heavy atom. The SMILES string of the molecule is C[C@@]1(O)CC[C@]2(CO)C3CC[C@]4(C)[C@@H](C(=O)Cn5cccn5)CC[C@H]4[C@@H]3CC[C@H]2C1. The molecule has 1 unspecified atom stereocenters. The maximum Gasteiger partial charge on any atom is 0.157 e. The fourth-order valence-corrected chi connectivity index (χ4v) is 8.74. The summed E-state index contributed by atoms with van der Waals surface area (Å²) in [4.78, 5) is 13.2. The predicted octanol–water partition coefficient (Wildman–Crippen LogP) is 3.83. The van der Waals surface area contributed by atoms with E-state index in [4.69, 9.17) is 0 Å². The zero-order valence-corrected chi connectivity index (χ0v) is 18.6. The van der Waals surface area contributed by atoms with E-state index in [9.17, 15) is 15.0 Å². The number of rotatable bonds is 4. The molecule has 4 fully saturated rings. The number of aliphatic hydroxyl groups excluding tert-OH is 1. The topological polar surface area (TPSA) is 75.3 Å². The molecule has 0 radical (unpaired) electrons. The third kappa shape index (κ3) is 3.02. The Morgan fingerprint density at radius 2 is 1.93 bits per heavy atom. The summed E-state index contributed by atoms with van der Waals surface area (Å²) in [6.07, 6.45) is 12.9. The van der Waals surface area contributed by atoms with Crippen molar-refractivity contribution in [1.29, 1.82) is 0 Å². The van der Waals surface area contributed by atoms with Gasteiger partial charge in [-0.25, -0.2) is 0 Å². The van der Waals surface area contributed by atoms with Crippen molar-refractivity contribution in [3.05, 3.63) is 18.5 Å². The van der Waals surface area contributed by atoms with Crippen molar-refractivity contribution in [2.75, 3.05) is 6.61 Å². The summed E-state index contributed by atoms with van der Waals surface area (Å²) < 4.78 is 1.77. The number of carbonyl (C=O) groups excluding carboxylic acids is 1. The van der Waals surface area contributed by atoms with Crippen LogP contribution in [0.3, 0.4) is 0 Å². The molecule has 0 spiro atoms. The van der Waals surface area contributed by atoms with Gasteiger partial charge in [0.1, 0.15) is 0 Å². The first-order valence-electron chi connectivity index (χ1n) is 12.1. The molecule has 4 aliphatic rings. The largest absolute Gasteiger partial charge is 0.396 e. The van der Waals surface area contributed by atoms with Crippen LogP contribution in [0, 0.1) is 40.4 Å². The quantitative estimate of drug-likeness (QED) is 0.785. The number of carbonyl (C=O) groups is 1. The van der Waals surface area contributed by atoms with Gasteiger partial charge in [0, 0.05) is 24.9 Å². The fourth-order valence-electron chi connectivity index (χ4n) is 8.74. The number of hydrogen-bond acceptors (Lipinski definition) is 4. The molecule has 0 saturated heterocycles. The average Bonchev–Trinajstić information content (AvgIpc) is 3.34. The van der Waals surface area contributed by atoms with E-state index in [0.717, 1.165) is 51.4 Å². The molecule has 1 aromatic heterocycles. The zero-order chi connectivity index (χ0) is 21.1. The van der Waals surface area contributed by atoms with Crippen LogP contribution in [-0.4, -0.2) is 38.0 Å². The highest BCUT2D eigenvalue weighted by atomic mass is 16.3. The molecular formula is C25H38N2O3. The molecule has 1 aromatic rings. The van der Waals surface area contributed by atoms with Gasteiger partial charge in [-0.2, -0.15) is 5.10 Å². The molecule has 4 saturated carbocycles. The third-order valence-electron chi connectivity index (χ3n) is 10.2. The number of hydrogen-bond donors (Lipinski definition) is 2. The summed E-state index contributed by atoms with van der Waals surface area (Å²) in [7, 11) is 0. The molecule has 5 rings (SSSR count). The van der Waals surface area contributed by atoms with Gasteiger partial charge in [0.25, 0.3) is 0 Å². The van der Waals surface area contributed by atoms with Crippen LogP contribution in [0.25, 0.3) is 0 Å². The first-order chi connectivity index (χ1) is 14.3. The lowest BCUT2D eigenvalue weighted by Gasteiger charge is -2.62. The summed E-state index contributed by atoms with van der Waals surface area (Å²) in [5.74, 6) is 2.70. The summed E-state index contributed by atoms with van der Waals surface area (Å²) in [5, 5.41) is 25.6. The van der Waals surface area contributed by atoms with Crippen LogP contribution in [0.1, 0.15) is 71.6 Å². The van der Waals surface area contributed by atoms with Gasteiger partial charge in [0.15, 0.2) is 5.78 Å². The van der Waals surface area contributed by atoms with Crippen LogP contribution < -0.4 is 0 Å². The van der Waals surface area contributed by atoms with E-state index >= 15 is 0 Å². The smallest absolute Gasteiger partial charge is 0.157 e. The molecule has 166 valence electrons. The summed E-state index contributed by atoms with van der Waals surface area (Å²) in [6, 6.07) is 1.88. The second kappa shape index (κ2) is 7.16. The highest BCUT2D eigenvalue weighted by Gasteiger charge is 2.62. The molecule has 5 nitrogen and oxygen atoms in total. The Labute approximate surface area is 180 Å². The molecular weight excluding hydrogens is 376 g/mol. The van der Waals surface area contributed by atoms with E-state index < -0.39 is 5.60 Å². The number of fused-ring (bicyclic) bond motifs is 5. The lowest BCUT2D eigenvalue weighted by molar-refractivity contribution is -0.171. The lowest BCUT2D eigenvalue weighted by Crippen LogP contribution is -2.58. The second-order valence-electron chi connectivity index (χ2n) is 11.6. The highest BCUT2D eigenvalue weighted by Crippen LogP contribution is 2.68. The molecule has 30 heavy (non-hydrogen) atoms. The van der Waals surface area contributed by atoms with Crippen LogP contribution in [0.15, 0.2) is 18.5 Å². The van der Waals surface area contributed by atoms with Gasteiger partial charge in [0.05, 0.1) is 12.1 Å². The Bertz CT molecular complexity index is 790. The first kappa shape index (κ1) is 20.7. The van der Waals surface area contributed by atoms with E-state index in [-0.39, 0.29) is 23.4 Å². The Balaban J connectivity index is 1.38. The van der Waals surface area contributed by atoms with Gasteiger partial charge < -0.3 is 10.2 Å². The monoisotopic (exact) mass is 414 g/mol. The molecule has 4 aliphatic carbocycles. The van der Waals surface area contributed by atoms with Gasteiger partial charge >= 0.3 is 0 Å². The van der Waals surface area contributed by atoms with E-state index in [1.807, 2.05) is 19.2 Å². The van der Waals surface area contributed by atoms with Crippen molar-refractivity contribution in [3.63, 3.8) is 0 Å². The highest BCUT2D eigenvalue weighted by molar-refractivity contribution is 5.82. The minimum atomic E-state index is -0.573. The number of nitrogens with zero attached hydrogens (tertiary/aromatic N) is 2. The Kier molecular flexibility index (Phi) is 4.94. The van der Waals surface area contributed by atoms with Crippen LogP contribution in [0.5, 0.6) is 0 Å². The summed E-state index contributed by atoms with van der Waals surface area (Å²) >= 11 is 0. The van der Waals surface area contributed by atoms with E-state index in [1.165, 1.54) is 6.42 Å². The summed E-state index contributed by atoms with van der Waals surface area (Å²) in [5.41, 5.74) is -0.491. The minimum Gasteiger partial charge on any atom is -0.396 e. The third-order valence-corrected chi connectivity index (χ3v) is 10.2. The Morgan fingerprint density at radius 3 is 2.67 bits per heavy atom. The Hall–Kier alpha value is -1.20. The molecule has 5 heteroatoms. The van der Waals surface area contributed by atoms with Crippen molar-refractivity contribution >= 4 is 5.78 Å². The van der Waals surface area contributed by atoms with Crippen LogP contribution in [0.4, 0.5) is 0 Å². The molecule has 0 aromatic carbocycles. The van der Waals surface area contributed by atoms with Crippen molar-refractivity contribution in [2.24, 2.45) is 40.4 Å². The van der Waals surface area contributed by atoms with Gasteiger partial charge in [-0.1, -0.05) is 6.92 Å². The van der Waals surface area contributed by atoms with Gasteiger partial charge in [-0.05, 0) is 105 Å². The number of aromatic nitrogens is 2. The fraction of sp³-hybridized carbons (Fsp3) is 0.840. The van der Waals surface area contributed by atoms with E-state index in [1.54, 1.807) is 10.9 Å². The van der Waals surface area contributed by atoms with Crippen molar-refractivity contribution < 1.29 is 15.0 Å². The molecule has 0 amide bonds. The standard InChI is InChI=1S/C25H38N2O3/c1-23(30)10-11-25(16-28)17(14-23)4-5-18-19-6-7-21(24(19,2)9-8-20(18)25)22(29)15-27-13-3-12-26-27/h3,12-13,17-21,28,30H,4-11,14-16H2,1-2H3/t17-,18-,19-,20?,21+,23+,24-,25+/m0/s1. The molecule has 0 bridgehead atoms. The number of Topliss-reactive ketones (excluding diaryl/α,β-unsaturated/α-hetero) is 1. The molecule has 1 heterocycles. The van der Waals surface area contributed by atoms with Gasteiger partial charge in [-0.15, -0.1) is 0 Å². The molecule has 8 atom stereocenters. The maximum absolute atomic E-state index is 13.2. The van der Waals surface area contributed by atoms with Crippen LogP contribution in [-0.2, 0) is 11.3 Å². The second-order valence-corrected chi connectivity index (χ2v) is 11.6. The maximum atomic E-state index is 13.2. The lowest BCUT2D eigenvalue weighted by atomic mass is 9.43. The number of aliphatic hydroxyl groups is 2. The molecule has 2 N–H and O–H groups in total. The van der Waals surface area contributed by atoms with Gasteiger partial charge in [-0.3, -0.25) is 9.48 Å². The first-order valence-corrected chi connectivity index (χ1v) is 12.1. The van der Waals surface area contributed by atoms with Crippen molar-refractivity contribution in [3.8, 4) is 0 Å². The average molecular weight is 415 g/mol. The minimum absolute atomic E-state index is 0.0103. The number of ketones is 1. The molecule has 0 aliphatic heterocycles.